The minimum absolute atomic E-state index is 0.0875. The molecule has 1 aromatic rings. The van der Waals surface area contributed by atoms with Gasteiger partial charge in [-0.15, -0.1) is 0 Å². The third kappa shape index (κ3) is 6.02. The summed E-state index contributed by atoms with van der Waals surface area (Å²) in [7, 11) is 1.79. The summed E-state index contributed by atoms with van der Waals surface area (Å²) in [6.45, 7) is -0.262. The molecule has 2 nitrogen and oxygen atoms in total. The second-order valence-electron chi connectivity index (χ2n) is 4.07. The van der Waals surface area contributed by atoms with E-state index in [1.807, 2.05) is 6.07 Å². The van der Waals surface area contributed by atoms with Gasteiger partial charge in [0.25, 0.3) is 6.43 Å². The molecule has 102 valence electrons. The molecule has 1 unspecified atom stereocenters. The quantitative estimate of drug-likeness (QED) is 0.726. The van der Waals surface area contributed by atoms with Crippen LogP contribution in [0.25, 0.3) is 0 Å². The summed E-state index contributed by atoms with van der Waals surface area (Å²) in [5.41, 5.74) is 0.878. The third-order valence-electron chi connectivity index (χ3n) is 2.63. The van der Waals surface area contributed by atoms with Crippen molar-refractivity contribution in [2.24, 2.45) is 0 Å². The van der Waals surface area contributed by atoms with Gasteiger partial charge in [-0.2, -0.15) is 0 Å². The number of hydrogen-bond donors (Lipinski definition) is 1. The zero-order valence-electron chi connectivity index (χ0n) is 10.3. The van der Waals surface area contributed by atoms with E-state index in [0.717, 1.165) is 5.56 Å². The second-order valence-corrected chi connectivity index (χ2v) is 4.07. The van der Waals surface area contributed by atoms with Gasteiger partial charge in [0.1, 0.15) is 12.4 Å². The fraction of sp³-hybridized carbons (Fsp3) is 0.538. The van der Waals surface area contributed by atoms with Gasteiger partial charge in [-0.05, 0) is 37.6 Å². The average Bonchev–Trinajstić information content (AvgIpc) is 2.33. The largest absolute Gasteiger partial charge is 0.375 e. The van der Waals surface area contributed by atoms with Crippen LogP contribution in [0.3, 0.4) is 0 Å². The molecule has 0 aliphatic heterocycles. The molecular weight excluding hydrogens is 243 g/mol. The first-order valence-electron chi connectivity index (χ1n) is 5.89. The fourth-order valence-electron chi connectivity index (χ4n) is 1.69. The fourth-order valence-corrected chi connectivity index (χ4v) is 1.69. The van der Waals surface area contributed by atoms with E-state index in [0.29, 0.717) is 12.8 Å². The van der Waals surface area contributed by atoms with Crippen LogP contribution >= 0.6 is 0 Å². The minimum atomic E-state index is -2.43. The highest BCUT2D eigenvalue weighted by Crippen LogP contribution is 2.08. The molecule has 0 fully saturated rings. The summed E-state index contributed by atoms with van der Waals surface area (Å²) in [5, 5.41) is 3.07. The van der Waals surface area contributed by atoms with Crippen molar-refractivity contribution in [1.82, 2.24) is 5.32 Å². The summed E-state index contributed by atoms with van der Waals surface area (Å²) in [4.78, 5) is 0. The second kappa shape index (κ2) is 8.11. The summed E-state index contributed by atoms with van der Waals surface area (Å²) < 4.78 is 41.5. The van der Waals surface area contributed by atoms with E-state index < -0.39 is 13.0 Å². The number of ether oxygens (including phenoxy) is 1. The molecule has 0 aromatic heterocycles. The van der Waals surface area contributed by atoms with Crippen LogP contribution in [0.2, 0.25) is 0 Å². The van der Waals surface area contributed by atoms with Crippen molar-refractivity contribution >= 4 is 0 Å². The van der Waals surface area contributed by atoms with Crippen LogP contribution in [-0.2, 0) is 11.2 Å². The third-order valence-corrected chi connectivity index (χ3v) is 2.63. The lowest BCUT2D eigenvalue weighted by atomic mass is 10.0. The molecule has 1 atom stereocenters. The number of rotatable bonds is 8. The van der Waals surface area contributed by atoms with E-state index in [9.17, 15) is 13.2 Å². The van der Waals surface area contributed by atoms with Crippen molar-refractivity contribution < 1.29 is 17.9 Å². The molecule has 0 aliphatic carbocycles. The molecule has 18 heavy (non-hydrogen) atoms. The Bertz CT molecular complexity index is 347. The van der Waals surface area contributed by atoms with Crippen molar-refractivity contribution in [3.8, 4) is 0 Å². The van der Waals surface area contributed by atoms with Crippen molar-refractivity contribution in [3.05, 3.63) is 35.6 Å². The number of nitrogens with one attached hydrogen (secondary N) is 1. The van der Waals surface area contributed by atoms with Gasteiger partial charge < -0.3 is 10.1 Å². The predicted molar refractivity (Wildman–Crippen MR) is 64.4 cm³/mol. The van der Waals surface area contributed by atoms with E-state index in [1.54, 1.807) is 13.1 Å². The van der Waals surface area contributed by atoms with Crippen molar-refractivity contribution in [3.63, 3.8) is 0 Å². The number of likely N-dealkylation sites (N-methyl/N-ethyl adjacent to an activating group) is 1. The van der Waals surface area contributed by atoms with Gasteiger partial charge >= 0.3 is 0 Å². The van der Waals surface area contributed by atoms with Gasteiger partial charge in [0.05, 0.1) is 0 Å². The average molecular weight is 261 g/mol. The molecule has 0 spiro atoms. The first kappa shape index (κ1) is 15.0. The highest BCUT2D eigenvalue weighted by Gasteiger charge is 2.09. The van der Waals surface area contributed by atoms with Gasteiger partial charge in [-0.3, -0.25) is 0 Å². The normalized spacial score (nSPS) is 12.9. The molecule has 0 heterocycles. The summed E-state index contributed by atoms with van der Waals surface area (Å²) in [5.74, 6) is -0.267. The Balaban J connectivity index is 2.33. The maximum atomic E-state index is 13.0. The van der Waals surface area contributed by atoms with E-state index in [4.69, 9.17) is 4.74 Å². The summed E-state index contributed by atoms with van der Waals surface area (Å²) in [6.07, 6.45) is -1.17. The SMILES string of the molecule is CNC(CCOCC(F)F)Cc1cccc(F)c1. The van der Waals surface area contributed by atoms with Gasteiger partial charge in [-0.25, -0.2) is 13.2 Å². The Morgan fingerprint density at radius 2 is 2.11 bits per heavy atom. The number of benzene rings is 1. The van der Waals surface area contributed by atoms with Gasteiger partial charge in [-0.1, -0.05) is 12.1 Å². The van der Waals surface area contributed by atoms with Crippen LogP contribution in [0.4, 0.5) is 13.2 Å². The molecule has 0 saturated heterocycles. The maximum absolute atomic E-state index is 13.0. The molecule has 1 N–H and O–H groups in total. The molecular formula is C13H18F3NO. The van der Waals surface area contributed by atoms with E-state index in [2.05, 4.69) is 5.32 Å². The zero-order valence-corrected chi connectivity index (χ0v) is 10.3. The highest BCUT2D eigenvalue weighted by atomic mass is 19.3. The standard InChI is InChI=1S/C13H18F3NO/c1-17-12(5-6-18-9-13(15)16)8-10-3-2-4-11(14)7-10/h2-4,7,12-13,17H,5-6,8-9H2,1H3. The first-order valence-corrected chi connectivity index (χ1v) is 5.89. The van der Waals surface area contributed by atoms with Crippen LogP contribution < -0.4 is 5.32 Å². The van der Waals surface area contributed by atoms with Crippen molar-refractivity contribution in [1.29, 1.82) is 0 Å². The molecule has 5 heteroatoms. The van der Waals surface area contributed by atoms with E-state index >= 15 is 0 Å². The van der Waals surface area contributed by atoms with Gasteiger partial charge in [0.2, 0.25) is 0 Å². The molecule has 0 aliphatic rings. The Morgan fingerprint density at radius 1 is 1.33 bits per heavy atom. The Kier molecular flexibility index (Phi) is 6.75. The summed E-state index contributed by atoms with van der Waals surface area (Å²) >= 11 is 0. The Morgan fingerprint density at radius 3 is 2.72 bits per heavy atom. The van der Waals surface area contributed by atoms with Crippen LogP contribution in [0.15, 0.2) is 24.3 Å². The molecule has 1 aromatic carbocycles. The number of hydrogen-bond acceptors (Lipinski definition) is 2. The molecule has 1 rings (SSSR count). The van der Waals surface area contributed by atoms with Gasteiger partial charge in [0, 0.05) is 12.6 Å². The lowest BCUT2D eigenvalue weighted by Gasteiger charge is -2.16. The zero-order chi connectivity index (χ0) is 13.4. The smallest absolute Gasteiger partial charge is 0.261 e. The van der Waals surface area contributed by atoms with Crippen LogP contribution in [0.5, 0.6) is 0 Å². The molecule has 0 saturated carbocycles. The van der Waals surface area contributed by atoms with Crippen LogP contribution in [-0.4, -0.2) is 32.7 Å². The maximum Gasteiger partial charge on any atom is 0.261 e. The Labute approximate surface area is 105 Å². The van der Waals surface area contributed by atoms with Crippen molar-refractivity contribution in [2.45, 2.75) is 25.3 Å². The van der Waals surface area contributed by atoms with E-state index in [1.165, 1.54) is 12.1 Å². The van der Waals surface area contributed by atoms with Crippen LogP contribution in [0, 0.1) is 5.82 Å². The number of alkyl halides is 2. The monoisotopic (exact) mass is 261 g/mol. The minimum Gasteiger partial charge on any atom is -0.375 e. The Hall–Kier alpha value is -1.07. The lowest BCUT2D eigenvalue weighted by molar-refractivity contribution is 0.0146. The predicted octanol–water partition coefficient (Wildman–Crippen LogP) is 2.63. The summed E-state index contributed by atoms with van der Waals surface area (Å²) in [6, 6.07) is 6.45. The first-order chi connectivity index (χ1) is 8.61. The van der Waals surface area contributed by atoms with Crippen LogP contribution in [0.1, 0.15) is 12.0 Å². The van der Waals surface area contributed by atoms with E-state index in [-0.39, 0.29) is 18.5 Å². The molecule has 0 amide bonds. The topological polar surface area (TPSA) is 21.3 Å². The van der Waals surface area contributed by atoms with Gasteiger partial charge in [0.15, 0.2) is 0 Å². The lowest BCUT2D eigenvalue weighted by Crippen LogP contribution is -2.29. The highest BCUT2D eigenvalue weighted by molar-refractivity contribution is 5.17. The number of halogens is 3. The molecule has 0 bridgehead atoms. The molecule has 0 radical (unpaired) electrons. The van der Waals surface area contributed by atoms with Crippen molar-refractivity contribution in [2.75, 3.05) is 20.3 Å².